The van der Waals surface area contributed by atoms with Crippen molar-refractivity contribution in [3.8, 4) is 11.5 Å². The molecule has 7 nitrogen and oxygen atoms in total. The first-order valence-corrected chi connectivity index (χ1v) is 9.47. The van der Waals surface area contributed by atoms with E-state index in [0.29, 0.717) is 23.7 Å². The molecule has 0 bridgehead atoms. The van der Waals surface area contributed by atoms with Crippen molar-refractivity contribution in [1.82, 2.24) is 10.9 Å². The summed E-state index contributed by atoms with van der Waals surface area (Å²) in [6, 6.07) is 14.0. The Morgan fingerprint density at radius 3 is 2.14 bits per heavy atom. The minimum Gasteiger partial charge on any atom is -0.494 e. The van der Waals surface area contributed by atoms with Crippen LogP contribution in [0.1, 0.15) is 42.6 Å². The second-order valence-electron chi connectivity index (χ2n) is 6.49. The Balaban J connectivity index is 1.72. The summed E-state index contributed by atoms with van der Waals surface area (Å²) in [6.07, 6.45) is -0.785. The lowest BCUT2D eigenvalue weighted by Gasteiger charge is -2.15. The molecule has 7 heteroatoms. The first-order chi connectivity index (χ1) is 13.9. The molecule has 1 atom stereocenters. The zero-order valence-electron chi connectivity index (χ0n) is 16.9. The lowest BCUT2D eigenvalue weighted by Crippen LogP contribution is -2.47. The predicted octanol–water partition coefficient (Wildman–Crippen LogP) is 2.97. The van der Waals surface area contributed by atoms with Crippen molar-refractivity contribution in [1.29, 1.82) is 0 Å². The fourth-order valence-corrected chi connectivity index (χ4v) is 2.45. The number of hydrogen-bond acceptors (Lipinski definition) is 5. The van der Waals surface area contributed by atoms with Gasteiger partial charge in [0.15, 0.2) is 11.9 Å². The summed E-state index contributed by atoms with van der Waals surface area (Å²) >= 11 is 0. The number of carbonyl (C=O) groups excluding carboxylic acids is 3. The van der Waals surface area contributed by atoms with Gasteiger partial charge in [0.2, 0.25) is 5.91 Å². The summed E-state index contributed by atoms with van der Waals surface area (Å²) < 4.78 is 10.9. The van der Waals surface area contributed by atoms with Gasteiger partial charge >= 0.3 is 0 Å². The molecule has 0 spiro atoms. The first kappa shape index (κ1) is 21.9. The van der Waals surface area contributed by atoms with Crippen LogP contribution in [0.2, 0.25) is 0 Å². The average molecular weight is 398 g/mol. The SMILES string of the molecule is CCOc1ccc(OC(C)C(=O)NNC(=O)CCC(=O)c2ccc(C)cc2)cc1. The van der Waals surface area contributed by atoms with E-state index in [2.05, 4.69) is 10.9 Å². The number of rotatable bonds is 9. The molecule has 2 rings (SSSR count). The van der Waals surface area contributed by atoms with Crippen LogP contribution in [0.3, 0.4) is 0 Å². The van der Waals surface area contributed by atoms with Crippen molar-refractivity contribution in [2.75, 3.05) is 6.61 Å². The van der Waals surface area contributed by atoms with Crippen LogP contribution >= 0.6 is 0 Å². The van der Waals surface area contributed by atoms with Crippen LogP contribution in [0, 0.1) is 6.92 Å². The fraction of sp³-hybridized carbons (Fsp3) is 0.318. The zero-order chi connectivity index (χ0) is 21.2. The maximum absolute atomic E-state index is 12.1. The molecule has 0 saturated carbocycles. The van der Waals surface area contributed by atoms with Gasteiger partial charge in [-0.2, -0.15) is 0 Å². The van der Waals surface area contributed by atoms with Crippen LogP contribution in [0.4, 0.5) is 0 Å². The highest BCUT2D eigenvalue weighted by Crippen LogP contribution is 2.18. The second-order valence-corrected chi connectivity index (χ2v) is 6.49. The van der Waals surface area contributed by atoms with Crippen LogP contribution in [0.15, 0.2) is 48.5 Å². The minimum atomic E-state index is -0.817. The lowest BCUT2D eigenvalue weighted by atomic mass is 10.1. The molecule has 2 N–H and O–H groups in total. The molecular weight excluding hydrogens is 372 g/mol. The third-order valence-electron chi connectivity index (χ3n) is 4.09. The highest BCUT2D eigenvalue weighted by atomic mass is 16.5. The van der Waals surface area contributed by atoms with Crippen molar-refractivity contribution in [2.24, 2.45) is 0 Å². The van der Waals surface area contributed by atoms with E-state index >= 15 is 0 Å². The topological polar surface area (TPSA) is 93.7 Å². The number of ketones is 1. The number of amides is 2. The third kappa shape index (κ3) is 7.29. The molecule has 1 unspecified atom stereocenters. The number of Topliss-reactive ketones (excluding diaryl/α,β-unsaturated/α-hetero) is 1. The number of nitrogens with one attached hydrogen (secondary N) is 2. The standard InChI is InChI=1S/C22H26N2O5/c1-4-28-18-9-11-19(12-10-18)29-16(3)22(27)24-23-21(26)14-13-20(25)17-7-5-15(2)6-8-17/h5-12,16H,4,13-14H2,1-3H3,(H,23,26)(H,24,27). The van der Waals surface area contributed by atoms with Gasteiger partial charge < -0.3 is 9.47 Å². The van der Waals surface area contributed by atoms with Gasteiger partial charge in [-0.05, 0) is 45.0 Å². The van der Waals surface area contributed by atoms with Crippen LogP contribution in [-0.4, -0.2) is 30.3 Å². The smallest absolute Gasteiger partial charge is 0.279 e. The van der Waals surface area contributed by atoms with Crippen molar-refractivity contribution >= 4 is 17.6 Å². The molecule has 2 aromatic rings. The summed E-state index contributed by atoms with van der Waals surface area (Å²) in [7, 11) is 0. The van der Waals surface area contributed by atoms with Gasteiger partial charge in [0, 0.05) is 18.4 Å². The molecule has 0 fully saturated rings. The van der Waals surface area contributed by atoms with Gasteiger partial charge in [0.05, 0.1) is 6.61 Å². The van der Waals surface area contributed by atoms with Crippen molar-refractivity contribution in [3.05, 3.63) is 59.7 Å². The van der Waals surface area contributed by atoms with Crippen LogP contribution in [0.5, 0.6) is 11.5 Å². The van der Waals surface area contributed by atoms with Gasteiger partial charge in [0.1, 0.15) is 11.5 Å². The summed E-state index contributed by atoms with van der Waals surface area (Å²) in [5.74, 6) is 0.137. The molecule has 154 valence electrons. The second kappa shape index (κ2) is 10.8. The van der Waals surface area contributed by atoms with E-state index < -0.39 is 17.9 Å². The number of carbonyl (C=O) groups is 3. The minimum absolute atomic E-state index is 0.0267. The molecule has 0 aliphatic carbocycles. The normalized spacial score (nSPS) is 11.3. The highest BCUT2D eigenvalue weighted by Gasteiger charge is 2.16. The maximum atomic E-state index is 12.1. The fourth-order valence-electron chi connectivity index (χ4n) is 2.45. The van der Waals surface area contributed by atoms with Gasteiger partial charge in [-0.1, -0.05) is 29.8 Å². The van der Waals surface area contributed by atoms with Gasteiger partial charge in [-0.25, -0.2) is 0 Å². The summed E-state index contributed by atoms with van der Waals surface area (Å²) in [6.45, 7) is 5.96. The molecule has 0 aliphatic heterocycles. The van der Waals surface area contributed by atoms with Crippen molar-refractivity contribution in [2.45, 2.75) is 39.7 Å². The van der Waals surface area contributed by atoms with E-state index in [1.807, 2.05) is 26.0 Å². The molecule has 0 aliphatic rings. The summed E-state index contributed by atoms with van der Waals surface area (Å²) in [5.41, 5.74) is 6.22. The number of benzene rings is 2. The monoisotopic (exact) mass is 398 g/mol. The molecule has 2 aromatic carbocycles. The molecule has 0 radical (unpaired) electrons. The van der Waals surface area contributed by atoms with Crippen LogP contribution in [0.25, 0.3) is 0 Å². The number of ether oxygens (including phenoxy) is 2. The Kier molecular flexibility index (Phi) is 8.21. The Labute approximate surface area is 170 Å². The number of hydrazine groups is 1. The summed E-state index contributed by atoms with van der Waals surface area (Å²) in [4.78, 5) is 36.0. The third-order valence-corrected chi connectivity index (χ3v) is 4.09. The highest BCUT2D eigenvalue weighted by molar-refractivity contribution is 5.98. The molecule has 29 heavy (non-hydrogen) atoms. The Morgan fingerprint density at radius 1 is 0.897 bits per heavy atom. The molecule has 2 amide bonds. The summed E-state index contributed by atoms with van der Waals surface area (Å²) in [5, 5.41) is 0. The zero-order valence-corrected chi connectivity index (χ0v) is 16.9. The lowest BCUT2D eigenvalue weighted by molar-refractivity contribution is -0.132. The van der Waals surface area contributed by atoms with E-state index in [4.69, 9.17) is 9.47 Å². The van der Waals surface area contributed by atoms with E-state index in [1.165, 1.54) is 0 Å². The molecule has 0 aromatic heterocycles. The first-order valence-electron chi connectivity index (χ1n) is 9.47. The maximum Gasteiger partial charge on any atom is 0.279 e. The molecular formula is C22H26N2O5. The molecule has 0 heterocycles. The van der Waals surface area contributed by atoms with Crippen LogP contribution in [-0.2, 0) is 9.59 Å². The van der Waals surface area contributed by atoms with E-state index in [9.17, 15) is 14.4 Å². The van der Waals surface area contributed by atoms with Crippen molar-refractivity contribution in [3.63, 3.8) is 0 Å². The molecule has 0 saturated heterocycles. The quantitative estimate of drug-likeness (QED) is 0.500. The van der Waals surface area contributed by atoms with E-state index in [-0.39, 0.29) is 18.6 Å². The van der Waals surface area contributed by atoms with Gasteiger partial charge in [-0.3, -0.25) is 25.2 Å². The van der Waals surface area contributed by atoms with E-state index in [0.717, 1.165) is 5.56 Å². The number of hydrogen-bond donors (Lipinski definition) is 2. The Morgan fingerprint density at radius 2 is 1.52 bits per heavy atom. The van der Waals surface area contributed by atoms with Gasteiger partial charge in [-0.15, -0.1) is 0 Å². The average Bonchev–Trinajstić information content (AvgIpc) is 2.72. The van der Waals surface area contributed by atoms with Crippen molar-refractivity contribution < 1.29 is 23.9 Å². The Hall–Kier alpha value is -3.35. The van der Waals surface area contributed by atoms with E-state index in [1.54, 1.807) is 43.3 Å². The Bertz CT molecular complexity index is 831. The van der Waals surface area contributed by atoms with Crippen LogP contribution < -0.4 is 20.3 Å². The predicted molar refractivity (Wildman–Crippen MR) is 109 cm³/mol. The van der Waals surface area contributed by atoms with Gasteiger partial charge in [0.25, 0.3) is 5.91 Å². The largest absolute Gasteiger partial charge is 0.494 e. The number of aryl methyl sites for hydroxylation is 1.